The highest BCUT2D eigenvalue weighted by atomic mass is 27.0. The summed E-state index contributed by atoms with van der Waals surface area (Å²) in [6.45, 7) is 0. The van der Waals surface area contributed by atoms with Crippen molar-refractivity contribution in [3.63, 3.8) is 0 Å². The summed E-state index contributed by atoms with van der Waals surface area (Å²) >= 11 is 0. The maximum absolute atomic E-state index is 6.54. The molecule has 0 aliphatic rings. The Labute approximate surface area is 63.1 Å². The van der Waals surface area contributed by atoms with Crippen LogP contribution in [-0.2, 0) is 0 Å². The van der Waals surface area contributed by atoms with Crippen LogP contribution in [0.25, 0.3) is 0 Å². The predicted molar refractivity (Wildman–Crippen MR) is 35.9 cm³/mol. The van der Waals surface area contributed by atoms with E-state index in [1.807, 2.05) is 0 Å². The van der Waals surface area contributed by atoms with Crippen molar-refractivity contribution in [1.82, 2.24) is 10.9 Å². The molecule has 0 aromatic rings. The van der Waals surface area contributed by atoms with Crippen LogP contribution in [0.15, 0.2) is 0 Å². The zero-order valence-corrected chi connectivity index (χ0v) is 5.89. The zero-order chi connectivity index (χ0) is 6.57. The Kier molecular flexibility index (Phi) is 6.34. The van der Waals surface area contributed by atoms with E-state index in [0.717, 1.165) is 0 Å². The second kappa shape index (κ2) is 5.21. The number of guanidine groups is 2. The number of nitrogens with two attached hydrogens (primary N) is 2. The van der Waals surface area contributed by atoms with Gasteiger partial charge in [0.25, 0.3) is 0 Å². The van der Waals surface area contributed by atoms with Crippen molar-refractivity contribution in [3.05, 3.63) is 0 Å². The maximum Gasteiger partial charge on any atom is 0.204 e. The topological polar surface area (TPSA) is 124 Å². The highest BCUT2D eigenvalue weighted by molar-refractivity contribution is 5.80. The number of nitrogens with one attached hydrogen (secondary N) is 4. The molecule has 0 bridgehead atoms. The molecule has 0 atom stereocenters. The van der Waals surface area contributed by atoms with Crippen molar-refractivity contribution < 1.29 is 0 Å². The van der Waals surface area contributed by atoms with E-state index < -0.39 is 0 Å². The van der Waals surface area contributed by atoms with Crippen LogP contribution in [-0.4, -0.2) is 29.3 Å². The Bertz CT molecular complexity index is 95.6. The Balaban J connectivity index is 0. The molecule has 0 fully saturated rings. The molecule has 0 aromatic carbocycles. The van der Waals surface area contributed by atoms with Gasteiger partial charge in [0, 0.05) is 17.4 Å². The Hall–Kier alpha value is -0.928. The Morgan fingerprint density at radius 1 is 1.00 bits per heavy atom. The molecule has 0 heterocycles. The summed E-state index contributed by atoms with van der Waals surface area (Å²) in [5.41, 5.74) is 13.8. The number of rotatable bonds is 0. The van der Waals surface area contributed by atoms with Crippen LogP contribution >= 0.6 is 0 Å². The lowest BCUT2D eigenvalue weighted by atomic mass is 11.0. The number of hydrogen-bond acceptors (Lipinski definition) is 2. The average Bonchev–Trinajstić information content (AvgIpc) is 1.61. The molecule has 0 aliphatic heterocycles. The summed E-state index contributed by atoms with van der Waals surface area (Å²) in [6, 6.07) is 0. The standard InChI is InChI=1S/C2H8N6.Al/c3-1(4)7-8-2(5)6;/h(H4,3,4,7)(H4,5,6,8);. The lowest BCUT2D eigenvalue weighted by Gasteiger charge is -2.02. The summed E-state index contributed by atoms with van der Waals surface area (Å²) in [5, 5.41) is 13.1. The molecule has 9 heavy (non-hydrogen) atoms. The fraction of sp³-hybridized carbons (Fsp3) is 0. The first-order chi connectivity index (χ1) is 3.63. The largest absolute Gasteiger partial charge is 0.369 e. The van der Waals surface area contributed by atoms with Gasteiger partial charge in [0.05, 0.1) is 0 Å². The summed E-state index contributed by atoms with van der Waals surface area (Å²) in [7, 11) is 0. The van der Waals surface area contributed by atoms with Gasteiger partial charge in [0.1, 0.15) is 0 Å². The fourth-order valence-electron chi connectivity index (χ4n) is 0.135. The first-order valence-electron chi connectivity index (χ1n) is 1.83. The molecule has 8 N–H and O–H groups in total. The third-order valence-electron chi connectivity index (χ3n) is 0.332. The lowest BCUT2D eigenvalue weighted by molar-refractivity contribution is 0.833. The van der Waals surface area contributed by atoms with E-state index in [1.54, 1.807) is 0 Å². The fourth-order valence-corrected chi connectivity index (χ4v) is 0.135. The molecule has 0 rings (SSSR count). The third-order valence-corrected chi connectivity index (χ3v) is 0.332. The molecule has 0 saturated carbocycles. The number of hydrazine groups is 1. The van der Waals surface area contributed by atoms with Crippen LogP contribution in [0, 0.1) is 10.8 Å². The van der Waals surface area contributed by atoms with Crippen LogP contribution in [0.4, 0.5) is 0 Å². The van der Waals surface area contributed by atoms with Crippen LogP contribution in [0.2, 0.25) is 0 Å². The minimum atomic E-state index is -0.278. The van der Waals surface area contributed by atoms with E-state index in [1.165, 1.54) is 0 Å². The molecule has 0 aliphatic carbocycles. The predicted octanol–water partition coefficient (Wildman–Crippen LogP) is -2.51. The van der Waals surface area contributed by atoms with E-state index in [4.69, 9.17) is 22.3 Å². The van der Waals surface area contributed by atoms with Crippen molar-refractivity contribution in [2.75, 3.05) is 0 Å². The SMILES string of the molecule is N=C(N)NNC(=N)N.[Al]. The van der Waals surface area contributed by atoms with Gasteiger partial charge in [0.15, 0.2) is 0 Å². The molecular formula is C2H8AlN6. The van der Waals surface area contributed by atoms with Crippen LogP contribution < -0.4 is 22.3 Å². The second-order valence-corrected chi connectivity index (χ2v) is 1.08. The summed E-state index contributed by atoms with van der Waals surface area (Å²) < 4.78 is 0. The maximum atomic E-state index is 6.54. The van der Waals surface area contributed by atoms with E-state index in [9.17, 15) is 0 Å². The summed E-state index contributed by atoms with van der Waals surface area (Å²) in [5.74, 6) is -0.555. The van der Waals surface area contributed by atoms with Gasteiger partial charge < -0.3 is 11.5 Å². The van der Waals surface area contributed by atoms with Gasteiger partial charge in [-0.15, -0.1) is 0 Å². The Morgan fingerprint density at radius 2 is 1.22 bits per heavy atom. The van der Waals surface area contributed by atoms with Gasteiger partial charge in [-0.25, -0.2) is 0 Å². The van der Waals surface area contributed by atoms with Crippen LogP contribution in [0.5, 0.6) is 0 Å². The van der Waals surface area contributed by atoms with Crippen LogP contribution in [0.3, 0.4) is 0 Å². The molecule has 7 heteroatoms. The van der Waals surface area contributed by atoms with Crippen molar-refractivity contribution >= 4 is 29.3 Å². The molecule has 0 saturated heterocycles. The molecule has 49 valence electrons. The van der Waals surface area contributed by atoms with E-state index >= 15 is 0 Å². The second-order valence-electron chi connectivity index (χ2n) is 1.08. The van der Waals surface area contributed by atoms with Crippen LogP contribution in [0.1, 0.15) is 0 Å². The molecular weight excluding hydrogens is 135 g/mol. The molecule has 0 unspecified atom stereocenters. The molecule has 0 amide bonds. The van der Waals surface area contributed by atoms with Gasteiger partial charge in [-0.05, 0) is 0 Å². The van der Waals surface area contributed by atoms with Gasteiger partial charge in [-0.1, -0.05) is 0 Å². The van der Waals surface area contributed by atoms with Gasteiger partial charge in [-0.2, -0.15) is 0 Å². The minimum absolute atomic E-state index is 0. The average molecular weight is 143 g/mol. The zero-order valence-electron chi connectivity index (χ0n) is 4.73. The van der Waals surface area contributed by atoms with E-state index in [0.29, 0.717) is 0 Å². The molecule has 3 radical (unpaired) electrons. The van der Waals surface area contributed by atoms with Crippen molar-refractivity contribution in [2.45, 2.75) is 0 Å². The lowest BCUT2D eigenvalue weighted by Crippen LogP contribution is -2.47. The smallest absolute Gasteiger partial charge is 0.204 e. The highest BCUT2D eigenvalue weighted by Gasteiger charge is 1.82. The molecule has 0 spiro atoms. The van der Waals surface area contributed by atoms with Crippen molar-refractivity contribution in [3.8, 4) is 0 Å². The normalized spacial score (nSPS) is 6.67. The van der Waals surface area contributed by atoms with Crippen molar-refractivity contribution in [2.24, 2.45) is 11.5 Å². The quantitative estimate of drug-likeness (QED) is 0.0969. The third kappa shape index (κ3) is 11.0. The highest BCUT2D eigenvalue weighted by Crippen LogP contribution is 1.41. The first-order valence-corrected chi connectivity index (χ1v) is 1.83. The molecule has 6 nitrogen and oxygen atoms in total. The van der Waals surface area contributed by atoms with Crippen molar-refractivity contribution in [1.29, 1.82) is 10.8 Å². The number of hydrogen-bond donors (Lipinski definition) is 6. The monoisotopic (exact) mass is 143 g/mol. The van der Waals surface area contributed by atoms with Gasteiger partial charge >= 0.3 is 0 Å². The summed E-state index contributed by atoms with van der Waals surface area (Å²) in [4.78, 5) is 0. The van der Waals surface area contributed by atoms with Gasteiger partial charge in [0.2, 0.25) is 11.9 Å². The molecule has 0 aromatic heterocycles. The minimum Gasteiger partial charge on any atom is -0.369 e. The Morgan fingerprint density at radius 3 is 1.33 bits per heavy atom. The van der Waals surface area contributed by atoms with E-state index in [2.05, 4.69) is 10.9 Å². The first kappa shape index (κ1) is 11.0. The van der Waals surface area contributed by atoms with Gasteiger partial charge in [-0.3, -0.25) is 21.7 Å². The van der Waals surface area contributed by atoms with E-state index in [-0.39, 0.29) is 29.3 Å². The summed E-state index contributed by atoms with van der Waals surface area (Å²) in [6.07, 6.45) is 0.